The lowest BCUT2D eigenvalue weighted by atomic mass is 9.95. The second-order valence-corrected chi connectivity index (χ2v) is 5.91. The minimum atomic E-state index is -4.42. The first kappa shape index (κ1) is 18.6. The number of benzene rings is 2. The van der Waals surface area contributed by atoms with Crippen LogP contribution >= 0.6 is 11.6 Å². The zero-order valence-corrected chi connectivity index (χ0v) is 12.9. The molecule has 3 rings (SSSR count). The average Bonchev–Trinajstić information content (AvgIpc) is 2.53. The van der Waals surface area contributed by atoms with Crippen LogP contribution < -0.4 is 10.5 Å². The van der Waals surface area contributed by atoms with Crippen LogP contribution in [0.1, 0.15) is 25.0 Å². The molecular formula is C18H19ClF3NO. The summed E-state index contributed by atoms with van der Waals surface area (Å²) in [6.45, 7) is 0.397. The molecular weight excluding hydrogens is 339 g/mol. The molecule has 2 aromatic carbocycles. The molecule has 0 radical (unpaired) electrons. The highest BCUT2D eigenvalue weighted by molar-refractivity contribution is 6.33. The maximum absolute atomic E-state index is 12.8. The van der Waals surface area contributed by atoms with Gasteiger partial charge in [0.1, 0.15) is 11.9 Å². The van der Waals surface area contributed by atoms with Gasteiger partial charge in [-0.05, 0) is 30.5 Å². The van der Waals surface area contributed by atoms with Gasteiger partial charge in [-0.2, -0.15) is 13.2 Å². The van der Waals surface area contributed by atoms with Crippen LogP contribution in [0, 0.1) is 0 Å². The van der Waals surface area contributed by atoms with E-state index in [4.69, 9.17) is 22.1 Å². The molecule has 0 spiro atoms. The second kappa shape index (κ2) is 7.03. The summed E-state index contributed by atoms with van der Waals surface area (Å²) in [6.07, 6.45) is -2.85. The number of fused-ring (bicyclic) bond motifs is 1. The number of nitrogens with two attached hydrogens (primary N) is 1. The summed E-state index contributed by atoms with van der Waals surface area (Å²) < 4.78 is 44.2. The number of hydrogen-bond donors (Lipinski definition) is 1. The van der Waals surface area contributed by atoms with Crippen molar-refractivity contribution < 1.29 is 17.9 Å². The van der Waals surface area contributed by atoms with Crippen molar-refractivity contribution in [3.8, 4) is 16.9 Å². The molecule has 0 bridgehead atoms. The summed E-state index contributed by atoms with van der Waals surface area (Å²) in [6, 6.07) is 8.96. The first-order valence-electron chi connectivity index (χ1n) is 7.26. The topological polar surface area (TPSA) is 35.2 Å². The summed E-state index contributed by atoms with van der Waals surface area (Å²) in [7, 11) is 0. The van der Waals surface area contributed by atoms with Crippen molar-refractivity contribution in [1.29, 1.82) is 0 Å². The molecule has 0 saturated heterocycles. The maximum atomic E-state index is 12.8. The van der Waals surface area contributed by atoms with Gasteiger partial charge in [0.05, 0.1) is 5.56 Å². The Morgan fingerprint density at radius 1 is 1.17 bits per heavy atom. The van der Waals surface area contributed by atoms with Crippen LogP contribution in [0.3, 0.4) is 0 Å². The SMILES string of the molecule is C.NC[C@H]1CCc2cccc(-c3ccc(C(F)(F)F)cc3Cl)c2O1. The number of hydrogen-bond acceptors (Lipinski definition) is 2. The van der Waals surface area contributed by atoms with E-state index < -0.39 is 11.7 Å². The third kappa shape index (κ3) is 3.52. The monoisotopic (exact) mass is 357 g/mol. The summed E-state index contributed by atoms with van der Waals surface area (Å²) >= 11 is 6.10. The Balaban J connectivity index is 0.00000208. The minimum absolute atomic E-state index is 0. The molecule has 1 aliphatic rings. The van der Waals surface area contributed by atoms with E-state index in [1.165, 1.54) is 6.07 Å². The molecule has 1 atom stereocenters. The van der Waals surface area contributed by atoms with Gasteiger partial charge in [-0.1, -0.05) is 43.3 Å². The van der Waals surface area contributed by atoms with Gasteiger partial charge in [-0.15, -0.1) is 0 Å². The average molecular weight is 358 g/mol. The van der Waals surface area contributed by atoms with E-state index in [1.54, 1.807) is 6.07 Å². The number of aryl methyl sites for hydroxylation is 1. The van der Waals surface area contributed by atoms with Crippen molar-refractivity contribution in [2.45, 2.75) is 32.5 Å². The molecule has 1 aliphatic heterocycles. The summed E-state index contributed by atoms with van der Waals surface area (Å²) in [5, 5.41) is 0.0479. The highest BCUT2D eigenvalue weighted by Gasteiger charge is 2.31. The van der Waals surface area contributed by atoms with Crippen molar-refractivity contribution in [3.05, 3.63) is 52.5 Å². The third-order valence-corrected chi connectivity index (χ3v) is 4.28. The number of para-hydroxylation sites is 1. The van der Waals surface area contributed by atoms with E-state index in [0.29, 0.717) is 23.4 Å². The molecule has 130 valence electrons. The maximum Gasteiger partial charge on any atom is 0.416 e. The van der Waals surface area contributed by atoms with E-state index in [9.17, 15) is 13.2 Å². The first-order valence-corrected chi connectivity index (χ1v) is 7.63. The van der Waals surface area contributed by atoms with Gasteiger partial charge in [0.15, 0.2) is 0 Å². The zero-order valence-electron chi connectivity index (χ0n) is 12.2. The molecule has 1 heterocycles. The van der Waals surface area contributed by atoms with Gasteiger partial charge in [0.25, 0.3) is 0 Å². The number of ether oxygens (including phenoxy) is 1. The quantitative estimate of drug-likeness (QED) is 0.790. The fraction of sp³-hybridized carbons (Fsp3) is 0.333. The van der Waals surface area contributed by atoms with Crippen molar-refractivity contribution >= 4 is 11.6 Å². The van der Waals surface area contributed by atoms with Gasteiger partial charge in [-0.25, -0.2) is 0 Å². The Labute approximate surface area is 144 Å². The van der Waals surface area contributed by atoms with Crippen molar-refractivity contribution in [2.75, 3.05) is 6.54 Å². The largest absolute Gasteiger partial charge is 0.488 e. The Morgan fingerprint density at radius 2 is 1.92 bits per heavy atom. The predicted molar refractivity (Wildman–Crippen MR) is 90.4 cm³/mol. The van der Waals surface area contributed by atoms with E-state index in [1.807, 2.05) is 12.1 Å². The number of halogens is 4. The molecule has 0 fully saturated rings. The summed E-state index contributed by atoms with van der Waals surface area (Å²) in [4.78, 5) is 0. The molecule has 0 saturated carbocycles. The Hall–Kier alpha value is -1.72. The van der Waals surface area contributed by atoms with E-state index >= 15 is 0 Å². The van der Waals surface area contributed by atoms with Crippen LogP contribution in [0.2, 0.25) is 5.02 Å². The van der Waals surface area contributed by atoms with E-state index in [2.05, 4.69) is 0 Å². The molecule has 2 aromatic rings. The Bertz CT molecular complexity index is 731. The van der Waals surface area contributed by atoms with Crippen molar-refractivity contribution in [3.63, 3.8) is 0 Å². The highest BCUT2D eigenvalue weighted by atomic mass is 35.5. The first-order chi connectivity index (χ1) is 10.9. The van der Waals surface area contributed by atoms with Gasteiger partial charge in [-0.3, -0.25) is 0 Å². The fourth-order valence-corrected chi connectivity index (χ4v) is 3.03. The molecule has 6 heteroatoms. The van der Waals surface area contributed by atoms with Gasteiger partial charge in [0.2, 0.25) is 0 Å². The van der Waals surface area contributed by atoms with Crippen LogP contribution in [-0.4, -0.2) is 12.6 Å². The van der Waals surface area contributed by atoms with E-state index in [0.717, 1.165) is 30.5 Å². The lowest BCUT2D eigenvalue weighted by Gasteiger charge is -2.27. The highest BCUT2D eigenvalue weighted by Crippen LogP contribution is 2.42. The van der Waals surface area contributed by atoms with Crippen LogP contribution in [0.25, 0.3) is 11.1 Å². The predicted octanol–water partition coefficient (Wildman–Crippen LogP) is 5.31. The molecule has 24 heavy (non-hydrogen) atoms. The molecule has 0 aliphatic carbocycles. The van der Waals surface area contributed by atoms with Gasteiger partial charge >= 0.3 is 6.18 Å². The molecule has 0 aromatic heterocycles. The number of alkyl halides is 3. The Morgan fingerprint density at radius 3 is 2.54 bits per heavy atom. The van der Waals surface area contributed by atoms with Crippen LogP contribution in [0.5, 0.6) is 5.75 Å². The second-order valence-electron chi connectivity index (χ2n) is 5.50. The molecule has 0 amide bonds. The zero-order chi connectivity index (χ0) is 16.6. The van der Waals surface area contributed by atoms with Crippen molar-refractivity contribution in [2.24, 2.45) is 5.73 Å². The smallest absolute Gasteiger partial charge is 0.416 e. The number of rotatable bonds is 2. The van der Waals surface area contributed by atoms with Crippen molar-refractivity contribution in [1.82, 2.24) is 0 Å². The summed E-state index contributed by atoms with van der Waals surface area (Å²) in [5.41, 5.74) is 7.14. The van der Waals surface area contributed by atoms with Crippen LogP contribution in [0.15, 0.2) is 36.4 Å². The van der Waals surface area contributed by atoms with Gasteiger partial charge < -0.3 is 10.5 Å². The molecule has 2 N–H and O–H groups in total. The molecule has 0 unspecified atom stereocenters. The van der Waals surface area contributed by atoms with E-state index in [-0.39, 0.29) is 18.6 Å². The third-order valence-electron chi connectivity index (χ3n) is 3.97. The van der Waals surface area contributed by atoms with Crippen LogP contribution in [-0.2, 0) is 12.6 Å². The lowest BCUT2D eigenvalue weighted by Crippen LogP contribution is -2.30. The Kier molecular flexibility index (Phi) is 5.45. The minimum Gasteiger partial charge on any atom is -0.488 e. The summed E-state index contributed by atoms with van der Waals surface area (Å²) in [5.74, 6) is 0.663. The van der Waals surface area contributed by atoms with Gasteiger partial charge in [0, 0.05) is 22.7 Å². The molecule has 2 nitrogen and oxygen atoms in total. The lowest BCUT2D eigenvalue weighted by molar-refractivity contribution is -0.137. The normalized spacial score (nSPS) is 16.8. The fourth-order valence-electron chi connectivity index (χ4n) is 2.75. The van der Waals surface area contributed by atoms with Crippen LogP contribution in [0.4, 0.5) is 13.2 Å². The standard InChI is InChI=1S/C17H15ClF3NO.CH4/c18-15-8-11(17(19,20)21)5-7-13(15)14-3-1-2-10-4-6-12(9-22)23-16(10)14;/h1-3,5,7-8,12H,4,6,9,22H2;1H4/t12-;/m1./s1.